The Balaban J connectivity index is 2.41. The van der Waals surface area contributed by atoms with Gasteiger partial charge in [-0.2, -0.15) is 0 Å². The van der Waals surface area contributed by atoms with Crippen molar-refractivity contribution in [1.29, 1.82) is 0 Å². The van der Waals surface area contributed by atoms with Gasteiger partial charge in [-0.25, -0.2) is 14.6 Å². The van der Waals surface area contributed by atoms with Gasteiger partial charge < -0.3 is 5.43 Å². The van der Waals surface area contributed by atoms with Gasteiger partial charge in [0.05, 0.1) is 11.6 Å². The van der Waals surface area contributed by atoms with E-state index < -0.39 is 11.6 Å². The molecule has 0 radical (unpaired) electrons. The number of nitrogens with two attached hydrogens (primary N) is 1. The maximum atomic E-state index is 13.3. The first kappa shape index (κ1) is 10.0. The molecular formula is C10H11F2N3. The van der Waals surface area contributed by atoms with Crippen molar-refractivity contribution in [2.75, 3.05) is 0 Å². The molecule has 2 rings (SSSR count). The minimum absolute atomic E-state index is 0.0769. The zero-order valence-corrected chi connectivity index (χ0v) is 8.00. The molecule has 0 atom stereocenters. The first-order valence-electron chi connectivity index (χ1n) is 4.71. The Kier molecular flexibility index (Phi) is 2.64. The van der Waals surface area contributed by atoms with Gasteiger partial charge in [0.15, 0.2) is 0 Å². The molecule has 0 heterocycles. The SMILES string of the molecule is NNC(=NC1CC1)c1c(F)cccc1F. The van der Waals surface area contributed by atoms with E-state index in [0.717, 1.165) is 12.8 Å². The zero-order chi connectivity index (χ0) is 10.8. The number of amidine groups is 1. The third-order valence-electron chi connectivity index (χ3n) is 2.19. The van der Waals surface area contributed by atoms with E-state index in [4.69, 9.17) is 5.84 Å². The molecule has 0 amide bonds. The average molecular weight is 211 g/mol. The minimum Gasteiger partial charge on any atom is -0.308 e. The molecule has 80 valence electrons. The summed E-state index contributed by atoms with van der Waals surface area (Å²) in [5.74, 6) is 3.96. The third kappa shape index (κ3) is 2.12. The average Bonchev–Trinajstić information content (AvgIpc) is 2.99. The summed E-state index contributed by atoms with van der Waals surface area (Å²) in [6.07, 6.45) is 1.89. The van der Waals surface area contributed by atoms with E-state index in [1.165, 1.54) is 18.2 Å². The summed E-state index contributed by atoms with van der Waals surface area (Å²) in [5, 5.41) is 0. The third-order valence-corrected chi connectivity index (χ3v) is 2.19. The Morgan fingerprint density at radius 1 is 1.33 bits per heavy atom. The highest BCUT2D eigenvalue weighted by Crippen LogP contribution is 2.24. The van der Waals surface area contributed by atoms with Crippen molar-refractivity contribution >= 4 is 5.84 Å². The molecule has 3 N–H and O–H groups in total. The standard InChI is InChI=1S/C10H11F2N3/c11-7-2-1-3-8(12)9(7)10(15-13)14-6-4-5-6/h1-3,6H,4-5,13H2,(H,14,15). The zero-order valence-electron chi connectivity index (χ0n) is 8.00. The topological polar surface area (TPSA) is 50.4 Å². The monoisotopic (exact) mass is 211 g/mol. The summed E-state index contributed by atoms with van der Waals surface area (Å²) in [4.78, 5) is 4.10. The van der Waals surface area contributed by atoms with E-state index in [9.17, 15) is 8.78 Å². The lowest BCUT2D eigenvalue weighted by Gasteiger charge is -2.07. The molecule has 15 heavy (non-hydrogen) atoms. The Hall–Kier alpha value is -1.49. The summed E-state index contributed by atoms with van der Waals surface area (Å²) >= 11 is 0. The van der Waals surface area contributed by atoms with Crippen molar-refractivity contribution in [3.05, 3.63) is 35.4 Å². The van der Waals surface area contributed by atoms with Crippen LogP contribution in [-0.4, -0.2) is 11.9 Å². The van der Waals surface area contributed by atoms with Crippen LogP contribution in [-0.2, 0) is 0 Å². The molecule has 0 aliphatic heterocycles. The molecular weight excluding hydrogens is 200 g/mol. The number of nitrogens with zero attached hydrogens (tertiary/aromatic N) is 1. The van der Waals surface area contributed by atoms with Crippen LogP contribution >= 0.6 is 0 Å². The summed E-state index contributed by atoms with van der Waals surface area (Å²) in [6, 6.07) is 3.81. The first-order chi connectivity index (χ1) is 7.22. The lowest BCUT2D eigenvalue weighted by Crippen LogP contribution is -2.33. The number of halogens is 2. The van der Waals surface area contributed by atoms with Gasteiger partial charge in [-0.15, -0.1) is 0 Å². The summed E-state index contributed by atoms with van der Waals surface area (Å²) < 4.78 is 26.7. The second-order valence-corrected chi connectivity index (χ2v) is 3.45. The minimum atomic E-state index is -0.660. The first-order valence-corrected chi connectivity index (χ1v) is 4.71. The van der Waals surface area contributed by atoms with Gasteiger partial charge in [-0.1, -0.05) is 6.07 Å². The molecule has 1 fully saturated rings. The molecule has 1 aliphatic rings. The van der Waals surface area contributed by atoms with Crippen LogP contribution in [0.3, 0.4) is 0 Å². The molecule has 0 aromatic heterocycles. The van der Waals surface area contributed by atoms with Gasteiger partial charge >= 0.3 is 0 Å². The highest BCUT2D eigenvalue weighted by molar-refractivity contribution is 5.99. The van der Waals surface area contributed by atoms with Crippen LogP contribution in [0, 0.1) is 11.6 Å². The number of hydrogen-bond donors (Lipinski definition) is 2. The largest absolute Gasteiger partial charge is 0.308 e. The van der Waals surface area contributed by atoms with E-state index >= 15 is 0 Å². The fourth-order valence-corrected chi connectivity index (χ4v) is 1.28. The summed E-state index contributed by atoms with van der Waals surface area (Å²) in [6.45, 7) is 0. The Bertz CT molecular complexity index is 379. The Labute approximate surface area is 86.0 Å². The molecule has 1 aliphatic carbocycles. The molecule has 3 nitrogen and oxygen atoms in total. The van der Waals surface area contributed by atoms with Gasteiger partial charge in [0.1, 0.15) is 17.5 Å². The van der Waals surface area contributed by atoms with Gasteiger partial charge in [-0.3, -0.25) is 4.99 Å². The highest BCUT2D eigenvalue weighted by Gasteiger charge is 2.23. The molecule has 0 saturated heterocycles. The number of hydrazine groups is 1. The van der Waals surface area contributed by atoms with E-state index in [-0.39, 0.29) is 17.4 Å². The van der Waals surface area contributed by atoms with Gasteiger partial charge in [0.2, 0.25) is 0 Å². The van der Waals surface area contributed by atoms with Crippen molar-refractivity contribution in [1.82, 2.24) is 5.43 Å². The second-order valence-electron chi connectivity index (χ2n) is 3.45. The molecule has 1 saturated carbocycles. The molecule has 0 bridgehead atoms. The number of rotatable bonds is 2. The van der Waals surface area contributed by atoms with E-state index in [1.54, 1.807) is 0 Å². The molecule has 0 spiro atoms. The maximum Gasteiger partial charge on any atom is 0.148 e. The van der Waals surface area contributed by atoms with Crippen molar-refractivity contribution < 1.29 is 8.78 Å². The highest BCUT2D eigenvalue weighted by atomic mass is 19.1. The van der Waals surface area contributed by atoms with Crippen LogP contribution < -0.4 is 11.3 Å². The van der Waals surface area contributed by atoms with Crippen LogP contribution in [0.25, 0.3) is 0 Å². The van der Waals surface area contributed by atoms with Crippen molar-refractivity contribution in [3.63, 3.8) is 0 Å². The van der Waals surface area contributed by atoms with Crippen LogP contribution in [0.15, 0.2) is 23.2 Å². The van der Waals surface area contributed by atoms with Gasteiger partial charge in [-0.05, 0) is 25.0 Å². The van der Waals surface area contributed by atoms with Gasteiger partial charge in [0.25, 0.3) is 0 Å². The van der Waals surface area contributed by atoms with Crippen molar-refractivity contribution in [3.8, 4) is 0 Å². The maximum absolute atomic E-state index is 13.3. The Morgan fingerprint density at radius 3 is 2.40 bits per heavy atom. The molecule has 0 unspecified atom stereocenters. The van der Waals surface area contributed by atoms with E-state index in [1.807, 2.05) is 0 Å². The second kappa shape index (κ2) is 3.94. The van der Waals surface area contributed by atoms with Gasteiger partial charge in [0, 0.05) is 0 Å². The lowest BCUT2D eigenvalue weighted by molar-refractivity contribution is 0.577. The number of aliphatic imine (C=N–C) groups is 1. The van der Waals surface area contributed by atoms with E-state index in [0.29, 0.717) is 0 Å². The number of benzene rings is 1. The molecule has 5 heteroatoms. The van der Waals surface area contributed by atoms with E-state index in [2.05, 4.69) is 10.4 Å². The predicted octanol–water partition coefficient (Wildman–Crippen LogP) is 1.34. The fourth-order valence-electron chi connectivity index (χ4n) is 1.28. The molecule has 1 aromatic rings. The molecule has 1 aromatic carbocycles. The summed E-state index contributed by atoms with van der Waals surface area (Å²) in [7, 11) is 0. The van der Waals surface area contributed by atoms with Crippen LogP contribution in [0.2, 0.25) is 0 Å². The number of hydrogen-bond acceptors (Lipinski definition) is 2. The number of nitrogens with one attached hydrogen (secondary N) is 1. The van der Waals surface area contributed by atoms with Crippen LogP contribution in [0.5, 0.6) is 0 Å². The quantitative estimate of drug-likeness (QED) is 0.335. The predicted molar refractivity (Wildman–Crippen MR) is 53.2 cm³/mol. The lowest BCUT2D eigenvalue weighted by atomic mass is 10.2. The van der Waals surface area contributed by atoms with Crippen LogP contribution in [0.4, 0.5) is 8.78 Å². The summed E-state index contributed by atoms with van der Waals surface area (Å²) in [5.41, 5.74) is 2.05. The van der Waals surface area contributed by atoms with Crippen LogP contribution in [0.1, 0.15) is 18.4 Å². The smallest absolute Gasteiger partial charge is 0.148 e. The van der Waals surface area contributed by atoms with Crippen molar-refractivity contribution in [2.24, 2.45) is 10.8 Å². The normalized spacial score (nSPS) is 16.6. The Morgan fingerprint density at radius 2 is 1.93 bits per heavy atom. The fraction of sp³-hybridized carbons (Fsp3) is 0.300. The van der Waals surface area contributed by atoms with Crippen molar-refractivity contribution in [2.45, 2.75) is 18.9 Å².